The molecule has 2 aromatic heterocycles. The zero-order valence-corrected chi connectivity index (χ0v) is 12.4. The number of aromatic amines is 2. The molecule has 10 heteroatoms. The smallest absolute Gasteiger partial charge is 0.336 e. The van der Waals surface area contributed by atoms with Gasteiger partial charge in [0.25, 0.3) is 0 Å². The van der Waals surface area contributed by atoms with Crippen LogP contribution < -0.4 is 0 Å². The van der Waals surface area contributed by atoms with E-state index < -0.39 is 34.5 Å². The second-order valence-electron chi connectivity index (χ2n) is 5.98. The van der Waals surface area contributed by atoms with Gasteiger partial charge in [0.05, 0.1) is 22.2 Å². The van der Waals surface area contributed by atoms with Crippen LogP contribution >= 0.6 is 0 Å². The van der Waals surface area contributed by atoms with Crippen molar-refractivity contribution in [1.29, 1.82) is 0 Å². The number of hydrogen-bond donors (Lipinski definition) is 2. The number of halogens is 6. The van der Waals surface area contributed by atoms with Gasteiger partial charge >= 0.3 is 12.4 Å². The molecule has 1 saturated carbocycles. The molecule has 2 N–H and O–H groups in total. The van der Waals surface area contributed by atoms with E-state index in [2.05, 4.69) is 20.2 Å². The summed E-state index contributed by atoms with van der Waals surface area (Å²) in [5, 5.41) is 6.76. The van der Waals surface area contributed by atoms with E-state index in [1.165, 1.54) is 0 Å². The third kappa shape index (κ3) is 2.85. The number of benzene rings is 1. The highest BCUT2D eigenvalue weighted by molar-refractivity contribution is 5.83. The molecule has 132 valence electrons. The highest BCUT2D eigenvalue weighted by atomic mass is 19.4. The maximum Gasteiger partial charge on any atom is 0.418 e. The van der Waals surface area contributed by atoms with E-state index >= 15 is 0 Å². The Morgan fingerprint density at radius 3 is 2.28 bits per heavy atom. The topological polar surface area (TPSA) is 57.4 Å². The Morgan fingerprint density at radius 1 is 0.960 bits per heavy atom. The predicted octanol–water partition coefficient (Wildman–Crippen LogP) is 4.87. The SMILES string of the molecule is FC(F)(F)c1cc(C(F)(F)F)c2[nH]c(-c3cc(C4CC4)[nH]n3)nc2c1. The van der Waals surface area contributed by atoms with E-state index in [0.29, 0.717) is 12.0 Å². The Morgan fingerprint density at radius 2 is 1.68 bits per heavy atom. The Labute approximate surface area is 136 Å². The predicted molar refractivity (Wildman–Crippen MR) is 75.7 cm³/mol. The molecule has 2 heterocycles. The second kappa shape index (κ2) is 4.99. The summed E-state index contributed by atoms with van der Waals surface area (Å²) in [6.45, 7) is 0. The molecular formula is C15H10F6N4. The molecule has 4 nitrogen and oxygen atoms in total. The van der Waals surface area contributed by atoms with Crippen LogP contribution in [0.4, 0.5) is 26.3 Å². The van der Waals surface area contributed by atoms with Crippen LogP contribution in [0.3, 0.4) is 0 Å². The fourth-order valence-electron chi connectivity index (χ4n) is 2.68. The van der Waals surface area contributed by atoms with Gasteiger partial charge in [-0.05, 0) is 31.0 Å². The van der Waals surface area contributed by atoms with Crippen molar-refractivity contribution in [2.75, 3.05) is 0 Å². The minimum absolute atomic E-state index is 0.0111. The van der Waals surface area contributed by atoms with Crippen molar-refractivity contribution in [1.82, 2.24) is 20.2 Å². The molecule has 1 aliphatic rings. The van der Waals surface area contributed by atoms with Crippen LogP contribution in [-0.2, 0) is 12.4 Å². The molecule has 0 atom stereocenters. The van der Waals surface area contributed by atoms with E-state index in [0.717, 1.165) is 18.5 Å². The molecule has 0 spiro atoms. The van der Waals surface area contributed by atoms with Crippen LogP contribution in [-0.4, -0.2) is 20.2 Å². The molecule has 0 saturated heterocycles. The van der Waals surface area contributed by atoms with Gasteiger partial charge in [-0.25, -0.2) is 4.98 Å². The molecule has 1 aromatic carbocycles. The Balaban J connectivity index is 1.88. The van der Waals surface area contributed by atoms with Gasteiger partial charge in [-0.3, -0.25) is 5.10 Å². The van der Waals surface area contributed by atoms with Crippen molar-refractivity contribution in [3.05, 3.63) is 35.0 Å². The van der Waals surface area contributed by atoms with Crippen molar-refractivity contribution < 1.29 is 26.3 Å². The van der Waals surface area contributed by atoms with E-state index in [1.54, 1.807) is 6.07 Å². The van der Waals surface area contributed by atoms with Gasteiger partial charge in [0.2, 0.25) is 0 Å². The number of hydrogen-bond acceptors (Lipinski definition) is 2. The fraction of sp³-hybridized carbons (Fsp3) is 0.333. The van der Waals surface area contributed by atoms with Crippen LogP contribution in [0.5, 0.6) is 0 Å². The summed E-state index contributed by atoms with van der Waals surface area (Å²) in [4.78, 5) is 6.34. The van der Waals surface area contributed by atoms with Crippen molar-refractivity contribution in [3.8, 4) is 11.5 Å². The van der Waals surface area contributed by atoms with Crippen molar-refractivity contribution in [2.45, 2.75) is 31.1 Å². The third-order valence-electron chi connectivity index (χ3n) is 4.08. The number of imidazole rings is 1. The van der Waals surface area contributed by atoms with Crippen LogP contribution in [0.1, 0.15) is 35.6 Å². The lowest BCUT2D eigenvalue weighted by molar-refractivity contribution is -0.142. The van der Waals surface area contributed by atoms with Gasteiger partial charge < -0.3 is 4.98 Å². The Hall–Kier alpha value is -2.52. The van der Waals surface area contributed by atoms with Crippen LogP contribution in [0.25, 0.3) is 22.6 Å². The summed E-state index contributed by atoms with van der Waals surface area (Å²) in [5.74, 6) is 0.330. The molecule has 0 amide bonds. The first-order valence-corrected chi connectivity index (χ1v) is 7.37. The quantitative estimate of drug-likeness (QED) is 0.641. The zero-order chi connectivity index (χ0) is 18.0. The van der Waals surface area contributed by atoms with Gasteiger partial charge in [0.15, 0.2) is 5.82 Å². The molecule has 1 fully saturated rings. The molecular weight excluding hydrogens is 350 g/mol. The molecule has 0 unspecified atom stereocenters. The van der Waals surface area contributed by atoms with E-state index in [1.807, 2.05) is 0 Å². The highest BCUT2D eigenvalue weighted by Crippen LogP contribution is 2.41. The summed E-state index contributed by atoms with van der Waals surface area (Å²) >= 11 is 0. The average Bonchev–Trinajstić information content (AvgIpc) is 3.08. The van der Waals surface area contributed by atoms with Crippen LogP contribution in [0.15, 0.2) is 18.2 Å². The molecule has 3 aromatic rings. The van der Waals surface area contributed by atoms with Crippen molar-refractivity contribution in [3.63, 3.8) is 0 Å². The zero-order valence-electron chi connectivity index (χ0n) is 12.4. The summed E-state index contributed by atoms with van der Waals surface area (Å²) in [6.07, 6.45) is -7.86. The number of H-pyrrole nitrogens is 2. The van der Waals surface area contributed by atoms with Crippen molar-refractivity contribution in [2.24, 2.45) is 0 Å². The average molecular weight is 360 g/mol. The van der Waals surface area contributed by atoms with Crippen LogP contribution in [0, 0.1) is 0 Å². The lowest BCUT2D eigenvalue weighted by atomic mass is 10.1. The van der Waals surface area contributed by atoms with Crippen molar-refractivity contribution >= 4 is 11.0 Å². The Bertz CT molecular complexity index is 945. The monoisotopic (exact) mass is 360 g/mol. The minimum atomic E-state index is -4.95. The number of fused-ring (bicyclic) bond motifs is 1. The standard InChI is InChI=1S/C15H10F6N4/c16-14(17,18)7-3-8(15(19,20)21)12-10(4-7)22-13(23-12)11-5-9(24-25-11)6-1-2-6/h3-6H,1-2H2,(H,22,23)(H,24,25). The lowest BCUT2D eigenvalue weighted by Gasteiger charge is -2.12. The molecule has 25 heavy (non-hydrogen) atoms. The number of nitrogens with one attached hydrogen (secondary N) is 2. The van der Waals surface area contributed by atoms with Crippen LogP contribution in [0.2, 0.25) is 0 Å². The first kappa shape index (κ1) is 16.0. The van der Waals surface area contributed by atoms with E-state index in [9.17, 15) is 26.3 Å². The van der Waals surface area contributed by atoms with Gasteiger partial charge in [0, 0.05) is 11.6 Å². The van der Waals surface area contributed by atoms with Gasteiger partial charge in [-0.2, -0.15) is 31.4 Å². The number of rotatable bonds is 2. The first-order chi connectivity index (χ1) is 11.6. The molecule has 1 aliphatic carbocycles. The Kier molecular flexibility index (Phi) is 3.19. The van der Waals surface area contributed by atoms with Gasteiger partial charge in [-0.1, -0.05) is 0 Å². The summed E-state index contributed by atoms with van der Waals surface area (Å²) in [5.41, 5.74) is -2.61. The first-order valence-electron chi connectivity index (χ1n) is 7.37. The number of aromatic nitrogens is 4. The molecule has 0 radical (unpaired) electrons. The maximum absolute atomic E-state index is 13.2. The summed E-state index contributed by atoms with van der Waals surface area (Å²) < 4.78 is 78.2. The van der Waals surface area contributed by atoms with Gasteiger partial charge in [0.1, 0.15) is 5.69 Å². The molecule has 0 bridgehead atoms. The fourth-order valence-corrected chi connectivity index (χ4v) is 2.68. The molecule has 4 rings (SSSR count). The van der Waals surface area contributed by atoms with Gasteiger partial charge in [-0.15, -0.1) is 0 Å². The third-order valence-corrected chi connectivity index (χ3v) is 4.08. The normalized spacial score (nSPS) is 15.9. The van der Waals surface area contributed by atoms with E-state index in [-0.39, 0.29) is 17.6 Å². The summed E-state index contributed by atoms with van der Waals surface area (Å²) in [6, 6.07) is 2.33. The lowest BCUT2D eigenvalue weighted by Crippen LogP contribution is -2.11. The number of alkyl halides is 6. The second-order valence-corrected chi connectivity index (χ2v) is 5.98. The summed E-state index contributed by atoms with van der Waals surface area (Å²) in [7, 11) is 0. The van der Waals surface area contributed by atoms with E-state index in [4.69, 9.17) is 0 Å². The minimum Gasteiger partial charge on any atom is -0.336 e. The highest BCUT2D eigenvalue weighted by Gasteiger charge is 2.39. The number of nitrogens with zero attached hydrogens (tertiary/aromatic N) is 2. The largest absolute Gasteiger partial charge is 0.418 e. The molecule has 0 aliphatic heterocycles. The maximum atomic E-state index is 13.2.